The van der Waals surface area contributed by atoms with Crippen LogP contribution in [0.1, 0.15) is 25.8 Å². The number of benzene rings is 1. The molecule has 0 atom stereocenters. The van der Waals surface area contributed by atoms with Crippen LogP contribution in [0.3, 0.4) is 0 Å². The molecule has 1 aromatic rings. The molecule has 0 heterocycles. The molecule has 19 heavy (non-hydrogen) atoms. The molecule has 0 spiro atoms. The maximum atomic E-state index is 12.1. The van der Waals surface area contributed by atoms with E-state index in [1.54, 1.807) is 4.90 Å². The van der Waals surface area contributed by atoms with Gasteiger partial charge in [-0.05, 0) is 30.0 Å². The van der Waals surface area contributed by atoms with E-state index < -0.39 is 0 Å². The minimum Gasteiger partial charge on any atom is -0.345 e. The van der Waals surface area contributed by atoms with Crippen LogP contribution in [0.25, 0.3) is 0 Å². The third kappa shape index (κ3) is 5.33. The van der Waals surface area contributed by atoms with Crippen LogP contribution in [0.15, 0.2) is 28.7 Å². The van der Waals surface area contributed by atoms with Crippen molar-refractivity contribution in [1.29, 1.82) is 0 Å². The predicted molar refractivity (Wildman–Crippen MR) is 82.9 cm³/mol. The number of carbonyl (C=O) groups is 1. The maximum Gasteiger partial charge on any atom is 0.222 e. The molecule has 0 bridgehead atoms. The average Bonchev–Trinajstić information content (AvgIpc) is 2.37. The van der Waals surface area contributed by atoms with E-state index in [1.807, 2.05) is 31.3 Å². The summed E-state index contributed by atoms with van der Waals surface area (Å²) in [6.07, 6.45) is 1.29. The Bertz CT molecular complexity index is 432. The Balaban J connectivity index is 2.50. The lowest BCUT2D eigenvalue weighted by atomic mass is 9.93. The van der Waals surface area contributed by atoms with E-state index in [9.17, 15) is 4.79 Å². The molecule has 0 aromatic heterocycles. The fourth-order valence-corrected chi connectivity index (χ4v) is 2.41. The molecule has 0 unspecified atom stereocenters. The number of halogens is 1. The quantitative estimate of drug-likeness (QED) is 0.873. The van der Waals surface area contributed by atoms with Gasteiger partial charge in [-0.3, -0.25) is 4.79 Å². The van der Waals surface area contributed by atoms with E-state index in [2.05, 4.69) is 29.8 Å². The van der Waals surface area contributed by atoms with Gasteiger partial charge in [0, 0.05) is 24.5 Å². The highest BCUT2D eigenvalue weighted by Gasteiger charge is 2.20. The van der Waals surface area contributed by atoms with Gasteiger partial charge in [0.2, 0.25) is 5.91 Å². The number of amides is 1. The number of carbonyl (C=O) groups excluding carboxylic acids is 1. The van der Waals surface area contributed by atoms with Crippen LogP contribution in [0.5, 0.6) is 0 Å². The second-order valence-corrected chi connectivity index (χ2v) is 6.56. The summed E-state index contributed by atoms with van der Waals surface area (Å²) < 4.78 is 1.06. The van der Waals surface area contributed by atoms with E-state index in [4.69, 9.17) is 5.73 Å². The van der Waals surface area contributed by atoms with E-state index >= 15 is 0 Å². The highest BCUT2D eigenvalue weighted by Crippen LogP contribution is 2.18. The molecule has 0 fully saturated rings. The van der Waals surface area contributed by atoms with Gasteiger partial charge < -0.3 is 10.6 Å². The molecule has 0 radical (unpaired) electrons. The van der Waals surface area contributed by atoms with E-state index in [0.29, 0.717) is 19.5 Å². The molecular weight excluding hydrogens is 304 g/mol. The van der Waals surface area contributed by atoms with Crippen molar-refractivity contribution in [3.63, 3.8) is 0 Å². The molecule has 4 heteroatoms. The molecule has 0 aliphatic heterocycles. The smallest absolute Gasteiger partial charge is 0.222 e. The second kappa shape index (κ2) is 7.06. The van der Waals surface area contributed by atoms with Gasteiger partial charge >= 0.3 is 0 Å². The standard InChI is InChI=1S/C15H23BrN2O/c1-15(2,10-17)11-18(3)14(19)9-8-12-6-4-5-7-13(12)16/h4-7H,8-11,17H2,1-3H3. The van der Waals surface area contributed by atoms with Crippen molar-refractivity contribution < 1.29 is 4.79 Å². The third-order valence-corrected chi connectivity index (χ3v) is 3.98. The minimum atomic E-state index is -0.0300. The Kier molecular flexibility index (Phi) is 6.01. The predicted octanol–water partition coefficient (Wildman–Crippen LogP) is 2.83. The molecule has 2 N–H and O–H groups in total. The van der Waals surface area contributed by atoms with Crippen molar-refractivity contribution in [3.05, 3.63) is 34.3 Å². The van der Waals surface area contributed by atoms with E-state index in [-0.39, 0.29) is 11.3 Å². The van der Waals surface area contributed by atoms with Gasteiger partial charge in [0.1, 0.15) is 0 Å². The number of hydrogen-bond acceptors (Lipinski definition) is 2. The van der Waals surface area contributed by atoms with E-state index in [1.165, 1.54) is 5.56 Å². The summed E-state index contributed by atoms with van der Waals surface area (Å²) in [5.74, 6) is 0.164. The summed E-state index contributed by atoms with van der Waals surface area (Å²) in [6.45, 7) is 5.42. The number of rotatable bonds is 6. The van der Waals surface area contributed by atoms with Crippen molar-refractivity contribution in [2.24, 2.45) is 11.1 Å². The van der Waals surface area contributed by atoms with Crippen molar-refractivity contribution >= 4 is 21.8 Å². The first-order chi connectivity index (χ1) is 8.85. The third-order valence-electron chi connectivity index (χ3n) is 3.21. The van der Waals surface area contributed by atoms with Crippen LogP contribution in [-0.4, -0.2) is 30.9 Å². The molecule has 3 nitrogen and oxygen atoms in total. The topological polar surface area (TPSA) is 46.3 Å². The lowest BCUT2D eigenvalue weighted by Gasteiger charge is -2.29. The maximum absolute atomic E-state index is 12.1. The lowest BCUT2D eigenvalue weighted by molar-refractivity contribution is -0.131. The molecule has 1 aromatic carbocycles. The Hall–Kier alpha value is -0.870. The summed E-state index contributed by atoms with van der Waals surface area (Å²) in [7, 11) is 1.85. The SMILES string of the molecule is CN(CC(C)(C)CN)C(=O)CCc1ccccc1Br. The molecule has 0 saturated heterocycles. The van der Waals surface area contributed by atoms with Crippen molar-refractivity contribution in [3.8, 4) is 0 Å². The molecule has 1 rings (SSSR count). The van der Waals surface area contributed by atoms with Crippen LogP contribution >= 0.6 is 15.9 Å². The van der Waals surface area contributed by atoms with Gasteiger partial charge in [0.15, 0.2) is 0 Å². The lowest BCUT2D eigenvalue weighted by Crippen LogP contribution is -2.39. The van der Waals surface area contributed by atoms with Gasteiger partial charge in [0.25, 0.3) is 0 Å². The van der Waals surface area contributed by atoms with E-state index in [0.717, 1.165) is 10.9 Å². The zero-order valence-corrected chi connectivity index (χ0v) is 13.5. The van der Waals surface area contributed by atoms with Crippen LogP contribution in [0, 0.1) is 5.41 Å². The molecular formula is C15H23BrN2O. The van der Waals surface area contributed by atoms with Gasteiger partial charge in [0.05, 0.1) is 0 Å². The van der Waals surface area contributed by atoms with Crippen LogP contribution < -0.4 is 5.73 Å². The Morgan fingerprint density at radius 3 is 2.58 bits per heavy atom. The summed E-state index contributed by atoms with van der Waals surface area (Å²) in [5.41, 5.74) is 6.83. The summed E-state index contributed by atoms with van der Waals surface area (Å²) in [4.78, 5) is 13.9. The van der Waals surface area contributed by atoms with Crippen LogP contribution in [0.4, 0.5) is 0 Å². The molecule has 106 valence electrons. The molecule has 1 amide bonds. The molecule has 0 aliphatic carbocycles. The first-order valence-electron chi connectivity index (χ1n) is 6.53. The zero-order chi connectivity index (χ0) is 14.5. The summed E-state index contributed by atoms with van der Waals surface area (Å²) in [6, 6.07) is 8.01. The van der Waals surface area contributed by atoms with Crippen molar-refractivity contribution in [2.75, 3.05) is 20.1 Å². The second-order valence-electron chi connectivity index (χ2n) is 5.71. The normalized spacial score (nSPS) is 11.4. The Morgan fingerprint density at radius 2 is 2.00 bits per heavy atom. The number of nitrogens with zero attached hydrogens (tertiary/aromatic N) is 1. The highest BCUT2D eigenvalue weighted by atomic mass is 79.9. The zero-order valence-electron chi connectivity index (χ0n) is 11.9. The monoisotopic (exact) mass is 326 g/mol. The Morgan fingerprint density at radius 1 is 1.37 bits per heavy atom. The summed E-state index contributed by atoms with van der Waals surface area (Å²) in [5, 5.41) is 0. The van der Waals surface area contributed by atoms with Crippen LogP contribution in [0.2, 0.25) is 0 Å². The highest BCUT2D eigenvalue weighted by molar-refractivity contribution is 9.10. The van der Waals surface area contributed by atoms with Gasteiger partial charge in [-0.2, -0.15) is 0 Å². The molecule has 0 aliphatic rings. The average molecular weight is 327 g/mol. The van der Waals surface area contributed by atoms with Gasteiger partial charge in [-0.1, -0.05) is 48.0 Å². The molecule has 0 saturated carbocycles. The van der Waals surface area contributed by atoms with Crippen molar-refractivity contribution in [2.45, 2.75) is 26.7 Å². The van der Waals surface area contributed by atoms with Gasteiger partial charge in [-0.15, -0.1) is 0 Å². The fraction of sp³-hybridized carbons (Fsp3) is 0.533. The number of hydrogen-bond donors (Lipinski definition) is 1. The van der Waals surface area contributed by atoms with Crippen molar-refractivity contribution in [1.82, 2.24) is 4.90 Å². The number of nitrogens with two attached hydrogens (primary N) is 1. The first-order valence-corrected chi connectivity index (χ1v) is 7.32. The Labute approximate surface area is 124 Å². The number of aryl methyl sites for hydroxylation is 1. The first kappa shape index (κ1) is 16.2. The largest absolute Gasteiger partial charge is 0.345 e. The fourth-order valence-electron chi connectivity index (χ4n) is 1.93. The van der Waals surface area contributed by atoms with Crippen LogP contribution in [-0.2, 0) is 11.2 Å². The summed E-state index contributed by atoms with van der Waals surface area (Å²) >= 11 is 3.50. The van der Waals surface area contributed by atoms with Gasteiger partial charge in [-0.25, -0.2) is 0 Å². The minimum absolute atomic E-state index is 0.0300.